The fourth-order valence-corrected chi connectivity index (χ4v) is 0.433. The second-order valence-electron chi connectivity index (χ2n) is 1.23. The zero-order chi connectivity index (χ0) is 6.24. The molecule has 0 aliphatic carbocycles. The molecule has 0 aliphatic heterocycles. The Balaban J connectivity index is 2.53. The maximum atomic E-state index is 5.16. The lowest BCUT2D eigenvalue weighted by molar-refractivity contribution is 0.0815. The molecule has 0 radical (unpaired) electrons. The first kappa shape index (κ1) is 8.23. The van der Waals surface area contributed by atoms with Gasteiger partial charge in [0.2, 0.25) is 0 Å². The highest BCUT2D eigenvalue weighted by molar-refractivity contribution is 7.98. The van der Waals surface area contributed by atoms with Crippen molar-refractivity contribution in [1.82, 2.24) is 5.48 Å². The minimum absolute atomic E-state index is 0.619. The Morgan fingerprint density at radius 3 is 3.00 bits per heavy atom. The highest BCUT2D eigenvalue weighted by Crippen LogP contribution is 1.87. The molecule has 0 atom stereocenters. The van der Waals surface area contributed by atoms with Crippen molar-refractivity contribution in [2.24, 2.45) is 5.73 Å². The second kappa shape index (κ2) is 7.23. The fourth-order valence-electron chi connectivity index (χ4n) is 0.232. The van der Waals surface area contributed by atoms with Crippen molar-refractivity contribution in [3.05, 3.63) is 0 Å². The summed E-state index contributed by atoms with van der Waals surface area (Å²) in [5.74, 6) is 0.681. The molecule has 0 spiro atoms. The van der Waals surface area contributed by atoms with E-state index in [1.807, 2.05) is 6.26 Å². The molecule has 0 heterocycles. The predicted octanol–water partition coefficient (Wildman–Crippen LogP) is -0.213. The summed E-state index contributed by atoms with van der Waals surface area (Å²) >= 11 is 1.63. The summed E-state index contributed by atoms with van der Waals surface area (Å²) in [6.07, 6.45) is 1.98. The summed E-state index contributed by atoms with van der Waals surface area (Å²) in [7, 11) is 0. The molecule has 0 aromatic rings. The van der Waals surface area contributed by atoms with Crippen LogP contribution in [0.4, 0.5) is 0 Å². The Morgan fingerprint density at radius 2 is 2.50 bits per heavy atom. The van der Waals surface area contributed by atoms with E-state index >= 15 is 0 Å². The van der Waals surface area contributed by atoms with Crippen molar-refractivity contribution in [3.8, 4) is 0 Å². The first-order chi connectivity index (χ1) is 3.91. The van der Waals surface area contributed by atoms with E-state index in [-0.39, 0.29) is 0 Å². The van der Waals surface area contributed by atoms with E-state index in [4.69, 9.17) is 10.6 Å². The van der Waals surface area contributed by atoms with E-state index in [1.165, 1.54) is 0 Å². The first-order valence-corrected chi connectivity index (χ1v) is 3.85. The van der Waals surface area contributed by atoms with Gasteiger partial charge in [0.1, 0.15) is 5.94 Å². The van der Waals surface area contributed by atoms with Crippen molar-refractivity contribution in [3.63, 3.8) is 0 Å². The Bertz CT molecular complexity index is 39.0. The SMILES string of the molecule is CSCONCCN. The van der Waals surface area contributed by atoms with Gasteiger partial charge in [-0.3, -0.25) is 4.84 Å². The summed E-state index contributed by atoms with van der Waals surface area (Å²) in [6, 6.07) is 0. The van der Waals surface area contributed by atoms with Gasteiger partial charge in [0, 0.05) is 13.1 Å². The van der Waals surface area contributed by atoms with Gasteiger partial charge in [0.05, 0.1) is 0 Å². The number of nitrogens with one attached hydrogen (secondary N) is 1. The van der Waals surface area contributed by atoms with Gasteiger partial charge in [-0.1, -0.05) is 0 Å². The normalized spacial score (nSPS) is 9.75. The quantitative estimate of drug-likeness (QED) is 0.312. The molecule has 3 N–H and O–H groups in total. The largest absolute Gasteiger partial charge is 0.329 e. The molecule has 0 amide bonds. The molecule has 4 heteroatoms. The third kappa shape index (κ3) is 6.23. The molecule has 3 nitrogen and oxygen atoms in total. The van der Waals surface area contributed by atoms with Crippen molar-refractivity contribution >= 4 is 11.8 Å². The topological polar surface area (TPSA) is 47.3 Å². The molecular formula is C4H12N2OS. The van der Waals surface area contributed by atoms with Crippen LogP contribution in [0.3, 0.4) is 0 Å². The highest BCUT2D eigenvalue weighted by Gasteiger charge is 1.79. The van der Waals surface area contributed by atoms with Crippen LogP contribution in [0.2, 0.25) is 0 Å². The van der Waals surface area contributed by atoms with Gasteiger partial charge in [-0.25, -0.2) is 5.48 Å². The second-order valence-corrected chi connectivity index (χ2v) is 2.05. The number of rotatable bonds is 5. The molecule has 0 aromatic heterocycles. The summed E-state index contributed by atoms with van der Waals surface area (Å²) in [5, 5.41) is 0. The van der Waals surface area contributed by atoms with Gasteiger partial charge in [-0.05, 0) is 6.26 Å². The molecule has 0 saturated heterocycles. The van der Waals surface area contributed by atoms with E-state index < -0.39 is 0 Å². The van der Waals surface area contributed by atoms with Crippen LogP contribution >= 0.6 is 11.8 Å². The molecule has 0 aromatic carbocycles. The van der Waals surface area contributed by atoms with Gasteiger partial charge in [0.25, 0.3) is 0 Å². The number of hydrogen-bond acceptors (Lipinski definition) is 4. The monoisotopic (exact) mass is 136 g/mol. The number of hydroxylamine groups is 1. The van der Waals surface area contributed by atoms with E-state index in [9.17, 15) is 0 Å². The lowest BCUT2D eigenvalue weighted by atomic mass is 10.7. The van der Waals surface area contributed by atoms with Gasteiger partial charge < -0.3 is 5.73 Å². The molecule has 0 bridgehead atoms. The zero-order valence-electron chi connectivity index (χ0n) is 5.02. The van der Waals surface area contributed by atoms with E-state index in [2.05, 4.69) is 5.48 Å². The lowest BCUT2D eigenvalue weighted by Gasteiger charge is -1.99. The summed E-state index contributed by atoms with van der Waals surface area (Å²) in [4.78, 5) is 4.86. The molecular weight excluding hydrogens is 124 g/mol. The molecule has 0 aliphatic rings. The molecule has 0 fully saturated rings. The van der Waals surface area contributed by atoms with Crippen LogP contribution < -0.4 is 11.2 Å². The Hall–Kier alpha value is 0.230. The minimum atomic E-state index is 0.619. The van der Waals surface area contributed by atoms with E-state index in [1.54, 1.807) is 11.8 Å². The van der Waals surface area contributed by atoms with Crippen LogP contribution in [-0.2, 0) is 4.84 Å². The average molecular weight is 136 g/mol. The van der Waals surface area contributed by atoms with Gasteiger partial charge >= 0.3 is 0 Å². The Labute approximate surface area is 53.9 Å². The van der Waals surface area contributed by atoms with Crippen LogP contribution in [-0.4, -0.2) is 25.3 Å². The van der Waals surface area contributed by atoms with Crippen molar-refractivity contribution in [2.45, 2.75) is 0 Å². The minimum Gasteiger partial charge on any atom is -0.329 e. The van der Waals surface area contributed by atoms with Gasteiger partial charge in [-0.15, -0.1) is 11.8 Å². The van der Waals surface area contributed by atoms with Crippen molar-refractivity contribution in [2.75, 3.05) is 25.3 Å². The van der Waals surface area contributed by atoms with E-state index in [0.717, 1.165) is 6.54 Å². The van der Waals surface area contributed by atoms with Gasteiger partial charge in [0.15, 0.2) is 0 Å². The molecule has 0 rings (SSSR count). The number of nitrogens with two attached hydrogens (primary N) is 1. The average Bonchev–Trinajstić information content (AvgIpc) is 1.81. The maximum Gasteiger partial charge on any atom is 0.113 e. The van der Waals surface area contributed by atoms with Crippen LogP contribution in [0.15, 0.2) is 0 Å². The summed E-state index contributed by atoms with van der Waals surface area (Å²) in [6.45, 7) is 1.34. The molecule has 50 valence electrons. The zero-order valence-corrected chi connectivity index (χ0v) is 5.83. The third-order valence-corrected chi connectivity index (χ3v) is 0.879. The first-order valence-electron chi connectivity index (χ1n) is 2.45. The summed E-state index contributed by atoms with van der Waals surface area (Å²) < 4.78 is 0. The predicted molar refractivity (Wildman–Crippen MR) is 36.5 cm³/mol. The van der Waals surface area contributed by atoms with Crippen LogP contribution in [0.25, 0.3) is 0 Å². The smallest absolute Gasteiger partial charge is 0.113 e. The lowest BCUT2D eigenvalue weighted by Crippen LogP contribution is -2.22. The Morgan fingerprint density at radius 1 is 1.75 bits per heavy atom. The van der Waals surface area contributed by atoms with Crippen LogP contribution in [0, 0.1) is 0 Å². The molecule has 0 saturated carbocycles. The van der Waals surface area contributed by atoms with Crippen molar-refractivity contribution < 1.29 is 4.84 Å². The number of thioether (sulfide) groups is 1. The highest BCUT2D eigenvalue weighted by atomic mass is 32.2. The van der Waals surface area contributed by atoms with Crippen LogP contribution in [0.5, 0.6) is 0 Å². The summed E-state index contributed by atoms with van der Waals surface area (Å²) in [5.41, 5.74) is 7.85. The third-order valence-electron chi connectivity index (χ3n) is 0.525. The standard InChI is InChI=1S/C4H12N2OS/c1-8-4-7-6-3-2-5/h6H,2-5H2,1H3. The van der Waals surface area contributed by atoms with Gasteiger partial charge in [-0.2, -0.15) is 0 Å². The fraction of sp³-hybridized carbons (Fsp3) is 1.00. The van der Waals surface area contributed by atoms with Crippen LogP contribution in [0.1, 0.15) is 0 Å². The maximum absolute atomic E-state index is 5.16. The Kier molecular flexibility index (Phi) is 7.44. The van der Waals surface area contributed by atoms with E-state index in [0.29, 0.717) is 12.5 Å². The number of hydrogen-bond donors (Lipinski definition) is 2. The van der Waals surface area contributed by atoms with Crippen molar-refractivity contribution in [1.29, 1.82) is 0 Å². The molecule has 8 heavy (non-hydrogen) atoms. The molecule has 0 unspecified atom stereocenters.